The van der Waals surface area contributed by atoms with E-state index in [1.165, 1.54) is 17.3 Å². The molecule has 1 amide bonds. The second-order valence-corrected chi connectivity index (χ2v) is 11.7. The van der Waals surface area contributed by atoms with Crippen LogP contribution in [0.2, 0.25) is 5.02 Å². The first-order chi connectivity index (χ1) is 20.6. The number of piperazine rings is 1. The Balaban J connectivity index is 0.00000368. The van der Waals surface area contributed by atoms with Crippen molar-refractivity contribution in [3.05, 3.63) is 106 Å². The summed E-state index contributed by atoms with van der Waals surface area (Å²) in [7, 11) is 0. The highest BCUT2D eigenvalue weighted by atomic mass is 35.5. The Kier molecular flexibility index (Phi) is 10.3. The number of thioether (sulfide) groups is 1. The average Bonchev–Trinajstić information content (AvgIpc) is 3.61. The van der Waals surface area contributed by atoms with Gasteiger partial charge in [0.1, 0.15) is 11.4 Å². The van der Waals surface area contributed by atoms with Crippen molar-refractivity contribution in [1.82, 2.24) is 19.6 Å². The zero-order valence-corrected chi connectivity index (χ0v) is 26.2. The van der Waals surface area contributed by atoms with Gasteiger partial charge in [-0.25, -0.2) is 4.68 Å². The lowest BCUT2D eigenvalue weighted by molar-refractivity contribution is -0.113. The van der Waals surface area contributed by atoms with Crippen LogP contribution in [0.1, 0.15) is 24.5 Å². The minimum absolute atomic E-state index is 0. The summed E-state index contributed by atoms with van der Waals surface area (Å²) in [4.78, 5) is 22.8. The maximum atomic E-state index is 13.1. The van der Waals surface area contributed by atoms with E-state index >= 15 is 0 Å². The monoisotopic (exact) mass is 633 g/mol. The van der Waals surface area contributed by atoms with Crippen LogP contribution >= 0.6 is 35.8 Å². The van der Waals surface area contributed by atoms with Gasteiger partial charge in [0.2, 0.25) is 0 Å². The molecule has 4 aromatic rings. The lowest BCUT2D eigenvalue weighted by Crippen LogP contribution is -2.47. The molecule has 2 aliphatic heterocycles. The van der Waals surface area contributed by atoms with Gasteiger partial charge in [-0.15, -0.1) is 12.4 Å². The van der Waals surface area contributed by atoms with Gasteiger partial charge in [-0.3, -0.25) is 9.69 Å². The van der Waals surface area contributed by atoms with E-state index in [9.17, 15) is 4.79 Å². The molecule has 0 atom stereocenters. The largest absolute Gasteiger partial charge is 0.492 e. The molecule has 7 nitrogen and oxygen atoms in total. The van der Waals surface area contributed by atoms with E-state index in [1.807, 2.05) is 71.6 Å². The molecule has 6 rings (SSSR count). The number of aromatic nitrogens is 2. The van der Waals surface area contributed by atoms with Gasteiger partial charge in [-0.2, -0.15) is 10.1 Å². The Morgan fingerprint density at radius 3 is 2.40 bits per heavy atom. The minimum Gasteiger partial charge on any atom is -0.492 e. The molecule has 222 valence electrons. The number of rotatable bonds is 8. The van der Waals surface area contributed by atoms with Crippen LogP contribution in [0, 0.1) is 0 Å². The Hall–Kier alpha value is -3.56. The number of benzene rings is 3. The first kappa shape index (κ1) is 30.9. The highest BCUT2D eigenvalue weighted by molar-refractivity contribution is 8.18. The summed E-state index contributed by atoms with van der Waals surface area (Å²) in [6.07, 6.45) is 4.74. The minimum atomic E-state index is -0.221. The summed E-state index contributed by atoms with van der Waals surface area (Å²) in [6.45, 7) is 7.11. The van der Waals surface area contributed by atoms with Gasteiger partial charge in [-0.1, -0.05) is 67.1 Å². The van der Waals surface area contributed by atoms with E-state index in [-0.39, 0.29) is 18.3 Å². The zero-order chi connectivity index (χ0) is 28.9. The molecule has 43 heavy (non-hydrogen) atoms. The summed E-state index contributed by atoms with van der Waals surface area (Å²) in [5.41, 5.74) is 4.63. The number of aliphatic imine (C=N–C) groups is 1. The summed E-state index contributed by atoms with van der Waals surface area (Å²) >= 11 is 8.02. The molecule has 1 aromatic heterocycles. The molecule has 10 heteroatoms. The number of halogens is 2. The third-order valence-corrected chi connectivity index (χ3v) is 8.56. The lowest BCUT2D eigenvalue weighted by atomic mass is 10.1. The van der Waals surface area contributed by atoms with Crippen LogP contribution in [-0.2, 0) is 11.3 Å². The van der Waals surface area contributed by atoms with E-state index < -0.39 is 0 Å². The molecule has 0 aliphatic carbocycles. The van der Waals surface area contributed by atoms with Crippen LogP contribution in [0.15, 0.2) is 95.0 Å². The molecule has 0 spiro atoms. The Bertz CT molecular complexity index is 1620. The van der Waals surface area contributed by atoms with Crippen molar-refractivity contribution in [1.29, 1.82) is 0 Å². The van der Waals surface area contributed by atoms with Crippen LogP contribution in [0.25, 0.3) is 23.0 Å². The number of amides is 1. The number of amidine groups is 1. The Morgan fingerprint density at radius 2 is 1.70 bits per heavy atom. The maximum absolute atomic E-state index is 13.1. The molecule has 3 aromatic carbocycles. The number of nitrogens with zero attached hydrogens (tertiary/aromatic N) is 5. The molecule has 0 radical (unpaired) electrons. The fourth-order valence-electron chi connectivity index (χ4n) is 5.02. The smallest absolute Gasteiger partial charge is 0.286 e. The van der Waals surface area contributed by atoms with Crippen molar-refractivity contribution in [3.8, 4) is 22.7 Å². The fourth-order valence-corrected chi connectivity index (χ4v) is 6.21. The van der Waals surface area contributed by atoms with Gasteiger partial charge in [0.15, 0.2) is 5.17 Å². The topological polar surface area (TPSA) is 63.0 Å². The van der Waals surface area contributed by atoms with Crippen molar-refractivity contribution in [2.24, 2.45) is 4.99 Å². The number of carbonyl (C=O) groups excluding carboxylic acids is 1. The van der Waals surface area contributed by atoms with E-state index in [1.54, 1.807) is 0 Å². The SMILES string of the molecule is CCCOc1ccc(-c2nn(-c3ccccc3)cc2/C=C2\SC(N3CCN(Cc4ccccc4)CC3)=NC2=O)cc1Cl.Cl. The van der Waals surface area contributed by atoms with Gasteiger partial charge < -0.3 is 9.64 Å². The molecule has 1 saturated heterocycles. The summed E-state index contributed by atoms with van der Waals surface area (Å²) in [5.74, 6) is 0.426. The van der Waals surface area contributed by atoms with Gasteiger partial charge in [0.25, 0.3) is 5.91 Å². The zero-order valence-electron chi connectivity index (χ0n) is 23.9. The van der Waals surface area contributed by atoms with E-state index in [0.29, 0.717) is 22.3 Å². The number of hydrogen-bond donors (Lipinski definition) is 0. The van der Waals surface area contributed by atoms with Crippen LogP contribution in [-0.4, -0.2) is 63.4 Å². The Labute approximate surface area is 267 Å². The van der Waals surface area contributed by atoms with Gasteiger partial charge in [0.05, 0.1) is 22.2 Å². The second kappa shape index (κ2) is 14.3. The first-order valence-electron chi connectivity index (χ1n) is 14.2. The second-order valence-electron chi connectivity index (χ2n) is 10.3. The molecule has 0 N–H and O–H groups in total. The summed E-state index contributed by atoms with van der Waals surface area (Å²) in [6, 6.07) is 26.1. The Morgan fingerprint density at radius 1 is 0.977 bits per heavy atom. The van der Waals surface area contributed by atoms with Crippen LogP contribution in [0.4, 0.5) is 0 Å². The quantitative estimate of drug-likeness (QED) is 0.191. The predicted octanol–water partition coefficient (Wildman–Crippen LogP) is 7.19. The van der Waals surface area contributed by atoms with Crippen LogP contribution in [0.5, 0.6) is 5.75 Å². The van der Waals surface area contributed by atoms with Crippen molar-refractivity contribution in [2.45, 2.75) is 19.9 Å². The van der Waals surface area contributed by atoms with Crippen molar-refractivity contribution >= 4 is 52.9 Å². The molecule has 2 aliphatic rings. The first-order valence-corrected chi connectivity index (χ1v) is 15.4. The molecular formula is C33H33Cl2N5O2S. The number of carbonyl (C=O) groups is 1. The molecule has 0 bridgehead atoms. The van der Waals surface area contributed by atoms with Crippen molar-refractivity contribution in [2.75, 3.05) is 32.8 Å². The number of hydrogen-bond acceptors (Lipinski definition) is 6. The number of para-hydroxylation sites is 1. The number of ether oxygens (including phenoxy) is 1. The molecule has 0 saturated carbocycles. The average molecular weight is 635 g/mol. The van der Waals surface area contributed by atoms with Gasteiger partial charge in [-0.05, 0) is 60.2 Å². The normalized spacial score (nSPS) is 16.3. The van der Waals surface area contributed by atoms with Crippen molar-refractivity contribution in [3.63, 3.8) is 0 Å². The molecule has 0 unspecified atom stereocenters. The lowest BCUT2D eigenvalue weighted by Gasteiger charge is -2.35. The maximum Gasteiger partial charge on any atom is 0.286 e. The predicted molar refractivity (Wildman–Crippen MR) is 178 cm³/mol. The third-order valence-electron chi connectivity index (χ3n) is 7.22. The molecule has 1 fully saturated rings. The van der Waals surface area contributed by atoms with Gasteiger partial charge in [0, 0.05) is 50.0 Å². The van der Waals surface area contributed by atoms with Crippen molar-refractivity contribution < 1.29 is 9.53 Å². The van der Waals surface area contributed by atoms with Crippen LogP contribution < -0.4 is 4.74 Å². The van der Waals surface area contributed by atoms with Crippen LogP contribution in [0.3, 0.4) is 0 Å². The summed E-state index contributed by atoms with van der Waals surface area (Å²) in [5, 5.41) is 6.19. The van der Waals surface area contributed by atoms with E-state index in [0.717, 1.165) is 66.8 Å². The molecular weight excluding hydrogens is 601 g/mol. The highest BCUT2D eigenvalue weighted by Gasteiger charge is 2.29. The van der Waals surface area contributed by atoms with Gasteiger partial charge >= 0.3 is 0 Å². The molecule has 3 heterocycles. The standard InChI is InChI=1S/C33H32ClN5O2S.ClH/c1-2-19-41-29-14-13-25(20-28(29)34)31-26(23-39(36-31)27-11-7-4-8-12-27)21-30-32(40)35-33(42-30)38-17-15-37(16-18-38)22-24-9-5-3-6-10-24;/h3-14,20-21,23H,2,15-19,22H2,1H3;1H/b30-21-;. The van der Waals surface area contributed by atoms with E-state index in [2.05, 4.69) is 46.0 Å². The fraction of sp³-hybridized carbons (Fsp3) is 0.242. The van der Waals surface area contributed by atoms with E-state index in [4.69, 9.17) is 21.4 Å². The highest BCUT2D eigenvalue weighted by Crippen LogP contribution is 2.36. The summed E-state index contributed by atoms with van der Waals surface area (Å²) < 4.78 is 7.60. The third kappa shape index (κ3) is 7.33.